The molecule has 154 valence electrons. The highest BCUT2D eigenvalue weighted by Gasteiger charge is 2.15. The monoisotopic (exact) mass is 428 g/mol. The molecule has 0 aliphatic carbocycles. The number of phenolic OH excluding ortho intramolecular Hbond substituents is 1. The van der Waals surface area contributed by atoms with Gasteiger partial charge in [0.25, 0.3) is 0 Å². The molecule has 4 rings (SSSR count). The Bertz CT molecular complexity index is 1180. The van der Waals surface area contributed by atoms with Crippen LogP contribution in [0.1, 0.15) is 11.3 Å². The maximum atomic E-state index is 14.3. The van der Waals surface area contributed by atoms with Gasteiger partial charge in [-0.15, -0.1) is 0 Å². The van der Waals surface area contributed by atoms with E-state index in [1.54, 1.807) is 31.8 Å². The van der Waals surface area contributed by atoms with E-state index >= 15 is 0 Å². The maximum absolute atomic E-state index is 14.3. The first kappa shape index (κ1) is 19.9. The summed E-state index contributed by atoms with van der Waals surface area (Å²) < 4.78 is 27.5. The zero-order valence-electron chi connectivity index (χ0n) is 16.0. The first-order valence-corrected chi connectivity index (χ1v) is 9.50. The third-order valence-corrected chi connectivity index (χ3v) is 4.95. The van der Waals surface area contributed by atoms with Gasteiger partial charge in [-0.3, -0.25) is 0 Å². The summed E-state index contributed by atoms with van der Waals surface area (Å²) in [5.41, 5.74) is 1.50. The lowest BCUT2D eigenvalue weighted by molar-refractivity contribution is 0.280. The molecule has 2 heterocycles. The van der Waals surface area contributed by atoms with E-state index in [4.69, 9.17) is 21.1 Å². The number of fused-ring (bicyclic) bond motifs is 1. The van der Waals surface area contributed by atoms with Crippen LogP contribution in [0, 0.1) is 5.82 Å². The van der Waals surface area contributed by atoms with E-state index in [1.807, 2.05) is 10.8 Å². The molecule has 0 aliphatic rings. The first-order valence-electron chi connectivity index (χ1n) is 9.12. The third kappa shape index (κ3) is 4.13. The molecule has 0 amide bonds. The van der Waals surface area contributed by atoms with Gasteiger partial charge in [0.15, 0.2) is 11.5 Å². The van der Waals surface area contributed by atoms with E-state index in [-0.39, 0.29) is 22.8 Å². The van der Waals surface area contributed by atoms with Crippen LogP contribution in [-0.4, -0.2) is 38.3 Å². The minimum absolute atomic E-state index is 0.0389. The van der Waals surface area contributed by atoms with Gasteiger partial charge < -0.3 is 19.1 Å². The highest BCUT2D eigenvalue weighted by Crippen LogP contribution is 2.34. The summed E-state index contributed by atoms with van der Waals surface area (Å²) in [6, 6.07) is 5.92. The van der Waals surface area contributed by atoms with Crippen molar-refractivity contribution in [2.75, 3.05) is 13.7 Å². The number of methoxy groups -OCH3 is 1. The van der Waals surface area contributed by atoms with E-state index in [9.17, 15) is 9.50 Å². The molecule has 9 heteroatoms. The number of aromatic nitrogens is 4. The first-order chi connectivity index (χ1) is 14.5. The van der Waals surface area contributed by atoms with Crippen molar-refractivity contribution in [3.63, 3.8) is 0 Å². The Morgan fingerprint density at radius 1 is 1.17 bits per heavy atom. The molecule has 4 aromatic rings. The van der Waals surface area contributed by atoms with Crippen LogP contribution in [0.5, 0.6) is 17.2 Å². The van der Waals surface area contributed by atoms with Crippen molar-refractivity contribution in [1.82, 2.24) is 19.5 Å². The molecule has 0 fully saturated rings. The maximum Gasteiger partial charge on any atom is 0.163 e. The van der Waals surface area contributed by atoms with E-state index in [0.29, 0.717) is 41.2 Å². The van der Waals surface area contributed by atoms with Crippen molar-refractivity contribution in [3.05, 3.63) is 71.4 Å². The van der Waals surface area contributed by atoms with Gasteiger partial charge in [0, 0.05) is 30.3 Å². The lowest BCUT2D eigenvalue weighted by Crippen LogP contribution is -2.07. The summed E-state index contributed by atoms with van der Waals surface area (Å²) in [4.78, 5) is 12.6. The molecule has 0 atom stereocenters. The molecular weight excluding hydrogens is 411 g/mol. The van der Waals surface area contributed by atoms with Gasteiger partial charge >= 0.3 is 0 Å². The number of halogens is 2. The lowest BCUT2D eigenvalue weighted by Gasteiger charge is -2.13. The number of ether oxygens (including phenoxy) is 2. The Balaban J connectivity index is 1.63. The Kier molecular flexibility index (Phi) is 5.67. The Morgan fingerprint density at radius 3 is 2.80 bits per heavy atom. The second-order valence-electron chi connectivity index (χ2n) is 6.56. The zero-order chi connectivity index (χ0) is 21.1. The zero-order valence-corrected chi connectivity index (χ0v) is 16.8. The Labute approximate surface area is 176 Å². The molecule has 0 radical (unpaired) electrons. The molecule has 0 saturated heterocycles. The summed E-state index contributed by atoms with van der Waals surface area (Å²) in [5.74, 6) is 0.363. The van der Waals surface area contributed by atoms with Crippen LogP contribution in [0.4, 0.5) is 4.39 Å². The Morgan fingerprint density at radius 2 is 2.03 bits per heavy atom. The fourth-order valence-electron chi connectivity index (χ4n) is 3.11. The molecule has 0 unspecified atom stereocenters. The Hall–Kier alpha value is -3.39. The predicted octanol–water partition coefficient (Wildman–Crippen LogP) is 4.00. The standard InChI is InChI=1S/C21H18ClFN4O3/c1-29-20-8-14-17(6-13-7-19(28)15(22)9-16(13)23)25-11-26-18(14)10-21(20)30-5-4-27-3-2-24-12-27/h2-3,7-12,28H,4-6H2,1H3. The molecule has 0 spiro atoms. The molecule has 0 saturated carbocycles. The molecule has 1 N–H and O–H groups in total. The molecular formula is C21H18ClFN4O3. The number of hydrogen-bond donors (Lipinski definition) is 1. The van der Waals surface area contributed by atoms with E-state index in [0.717, 1.165) is 6.07 Å². The second kappa shape index (κ2) is 8.54. The van der Waals surface area contributed by atoms with Crippen molar-refractivity contribution in [2.45, 2.75) is 13.0 Å². The fraction of sp³-hybridized carbons (Fsp3) is 0.190. The quantitative estimate of drug-likeness (QED) is 0.479. The topological polar surface area (TPSA) is 82.3 Å². The minimum Gasteiger partial charge on any atom is -0.506 e. The van der Waals surface area contributed by atoms with Crippen LogP contribution in [0.15, 0.2) is 49.3 Å². The minimum atomic E-state index is -0.518. The predicted molar refractivity (Wildman–Crippen MR) is 110 cm³/mol. The lowest BCUT2D eigenvalue weighted by atomic mass is 10.0. The summed E-state index contributed by atoms with van der Waals surface area (Å²) in [6.45, 7) is 1.06. The highest BCUT2D eigenvalue weighted by molar-refractivity contribution is 6.32. The molecule has 0 aliphatic heterocycles. The van der Waals surface area contributed by atoms with Gasteiger partial charge in [-0.1, -0.05) is 11.6 Å². The summed E-state index contributed by atoms with van der Waals surface area (Å²) in [7, 11) is 1.55. The van der Waals surface area contributed by atoms with Gasteiger partial charge in [-0.25, -0.2) is 19.3 Å². The molecule has 0 bridgehead atoms. The second-order valence-corrected chi connectivity index (χ2v) is 6.97. The summed E-state index contributed by atoms with van der Waals surface area (Å²) >= 11 is 5.76. The van der Waals surface area contributed by atoms with Gasteiger partial charge in [-0.05, 0) is 23.8 Å². The number of rotatable bonds is 7. The van der Waals surface area contributed by atoms with Crippen molar-refractivity contribution in [2.24, 2.45) is 0 Å². The average Bonchev–Trinajstić information content (AvgIpc) is 3.25. The summed E-state index contributed by atoms with van der Waals surface area (Å²) in [6.07, 6.45) is 6.84. The van der Waals surface area contributed by atoms with Gasteiger partial charge in [-0.2, -0.15) is 0 Å². The number of benzene rings is 2. The summed E-state index contributed by atoms with van der Waals surface area (Å²) in [5, 5.41) is 10.5. The van der Waals surface area contributed by atoms with Crippen LogP contribution >= 0.6 is 11.6 Å². The van der Waals surface area contributed by atoms with Crippen molar-refractivity contribution in [1.29, 1.82) is 0 Å². The molecule has 30 heavy (non-hydrogen) atoms. The smallest absolute Gasteiger partial charge is 0.163 e. The van der Waals surface area contributed by atoms with Crippen LogP contribution < -0.4 is 9.47 Å². The normalized spacial score (nSPS) is 11.0. The number of hydrogen-bond acceptors (Lipinski definition) is 6. The van der Waals surface area contributed by atoms with Gasteiger partial charge in [0.05, 0.1) is 36.2 Å². The van der Waals surface area contributed by atoms with E-state index < -0.39 is 5.82 Å². The number of phenols is 1. The molecule has 2 aromatic carbocycles. The fourth-order valence-corrected chi connectivity index (χ4v) is 3.26. The largest absolute Gasteiger partial charge is 0.506 e. The van der Waals surface area contributed by atoms with E-state index in [2.05, 4.69) is 15.0 Å². The van der Waals surface area contributed by atoms with Crippen molar-refractivity contribution >= 4 is 22.5 Å². The van der Waals surface area contributed by atoms with Crippen LogP contribution in [0.3, 0.4) is 0 Å². The van der Waals surface area contributed by atoms with Crippen LogP contribution in [0.25, 0.3) is 10.9 Å². The SMILES string of the molecule is COc1cc2c(Cc3cc(O)c(Cl)cc3F)ncnc2cc1OCCn1ccnc1. The number of aromatic hydroxyl groups is 1. The van der Waals surface area contributed by atoms with Crippen LogP contribution in [0.2, 0.25) is 5.02 Å². The molecule has 7 nitrogen and oxygen atoms in total. The molecule has 2 aromatic heterocycles. The van der Waals surface area contributed by atoms with E-state index in [1.165, 1.54) is 12.4 Å². The average molecular weight is 429 g/mol. The van der Waals surface area contributed by atoms with Crippen LogP contribution in [-0.2, 0) is 13.0 Å². The number of imidazole rings is 1. The third-order valence-electron chi connectivity index (χ3n) is 4.64. The highest BCUT2D eigenvalue weighted by atomic mass is 35.5. The number of nitrogens with zero attached hydrogens (tertiary/aromatic N) is 4. The van der Waals surface area contributed by atoms with Crippen molar-refractivity contribution in [3.8, 4) is 17.2 Å². The van der Waals surface area contributed by atoms with Crippen molar-refractivity contribution < 1.29 is 19.0 Å². The van der Waals surface area contributed by atoms with Gasteiger partial charge in [0.1, 0.15) is 24.5 Å². The van der Waals surface area contributed by atoms with Gasteiger partial charge in [0.2, 0.25) is 0 Å².